The molecular formula is C13H26N4O. The fourth-order valence-electron chi connectivity index (χ4n) is 2.62. The molecule has 5 nitrogen and oxygen atoms in total. The molecule has 0 radical (unpaired) electrons. The van der Waals surface area contributed by atoms with Gasteiger partial charge in [-0.05, 0) is 39.4 Å². The van der Waals surface area contributed by atoms with Gasteiger partial charge in [-0.2, -0.15) is 0 Å². The Hall–Kier alpha value is -0.650. The topological polar surface area (TPSA) is 47.6 Å². The Balaban J connectivity index is 1.51. The van der Waals surface area contributed by atoms with Crippen LogP contribution in [0.25, 0.3) is 0 Å². The summed E-state index contributed by atoms with van der Waals surface area (Å²) < 4.78 is 0. The van der Waals surface area contributed by atoms with Gasteiger partial charge in [-0.25, -0.2) is 0 Å². The summed E-state index contributed by atoms with van der Waals surface area (Å²) in [6, 6.07) is 0.0636. The maximum atomic E-state index is 11.7. The van der Waals surface area contributed by atoms with E-state index >= 15 is 0 Å². The molecule has 0 aromatic rings. The Morgan fingerprint density at radius 2 is 2.11 bits per heavy atom. The third kappa shape index (κ3) is 4.23. The number of piperazine rings is 1. The molecule has 2 aliphatic heterocycles. The van der Waals surface area contributed by atoms with Gasteiger partial charge in [-0.15, -0.1) is 0 Å². The monoisotopic (exact) mass is 254 g/mol. The zero-order chi connectivity index (χ0) is 12.8. The van der Waals surface area contributed by atoms with E-state index in [0.717, 1.165) is 52.0 Å². The highest BCUT2D eigenvalue weighted by atomic mass is 16.2. The van der Waals surface area contributed by atoms with Crippen molar-refractivity contribution in [3.63, 3.8) is 0 Å². The normalized spacial score (nSPS) is 26.4. The lowest BCUT2D eigenvalue weighted by molar-refractivity contribution is -0.122. The van der Waals surface area contributed by atoms with Gasteiger partial charge in [-0.3, -0.25) is 4.79 Å². The summed E-state index contributed by atoms with van der Waals surface area (Å²) in [6.45, 7) is 7.55. The van der Waals surface area contributed by atoms with Crippen molar-refractivity contribution < 1.29 is 4.79 Å². The first-order valence-electron chi connectivity index (χ1n) is 7.18. The summed E-state index contributed by atoms with van der Waals surface area (Å²) in [4.78, 5) is 16.6. The van der Waals surface area contributed by atoms with Gasteiger partial charge in [0.1, 0.15) is 0 Å². The lowest BCUT2D eigenvalue weighted by Crippen LogP contribution is -2.45. The van der Waals surface area contributed by atoms with Crippen LogP contribution in [0.2, 0.25) is 0 Å². The average molecular weight is 254 g/mol. The number of amides is 1. The molecule has 5 heteroatoms. The number of rotatable bonds is 5. The number of nitrogens with one attached hydrogen (secondary N) is 2. The maximum Gasteiger partial charge on any atom is 0.237 e. The fourth-order valence-corrected chi connectivity index (χ4v) is 2.62. The molecule has 0 aliphatic carbocycles. The van der Waals surface area contributed by atoms with E-state index in [9.17, 15) is 4.79 Å². The number of hydrogen-bond acceptors (Lipinski definition) is 4. The van der Waals surface area contributed by atoms with Gasteiger partial charge in [0.2, 0.25) is 5.91 Å². The molecule has 2 N–H and O–H groups in total. The molecule has 2 fully saturated rings. The van der Waals surface area contributed by atoms with Gasteiger partial charge in [-0.1, -0.05) is 0 Å². The molecule has 2 rings (SSSR count). The fraction of sp³-hybridized carbons (Fsp3) is 0.923. The molecule has 2 heterocycles. The number of nitrogens with zero attached hydrogens (tertiary/aromatic N) is 2. The Morgan fingerprint density at radius 3 is 2.78 bits per heavy atom. The molecule has 0 aromatic heterocycles. The predicted molar refractivity (Wildman–Crippen MR) is 72.6 cm³/mol. The Morgan fingerprint density at radius 1 is 1.33 bits per heavy atom. The van der Waals surface area contributed by atoms with Crippen molar-refractivity contribution in [3.05, 3.63) is 0 Å². The minimum Gasteiger partial charge on any atom is -0.355 e. The van der Waals surface area contributed by atoms with Gasteiger partial charge in [0, 0.05) is 32.7 Å². The summed E-state index contributed by atoms with van der Waals surface area (Å²) in [5, 5.41) is 6.26. The van der Waals surface area contributed by atoms with E-state index in [0.29, 0.717) is 0 Å². The molecule has 104 valence electrons. The molecule has 18 heavy (non-hydrogen) atoms. The standard InChI is InChI=1S/C13H26N4O/c1-16-8-10-17(11-9-16)7-3-6-15-13(18)12-4-2-5-14-12/h12,14H,2-11H2,1H3,(H,15,18)/t12-/m0/s1. The first kappa shape index (κ1) is 13.8. The highest BCUT2D eigenvalue weighted by Crippen LogP contribution is 2.04. The number of likely N-dealkylation sites (N-methyl/N-ethyl adjacent to an activating group) is 1. The molecule has 1 amide bonds. The first-order chi connectivity index (χ1) is 8.75. The molecule has 0 saturated carbocycles. The van der Waals surface area contributed by atoms with Gasteiger partial charge >= 0.3 is 0 Å². The van der Waals surface area contributed by atoms with Crippen LogP contribution in [0.15, 0.2) is 0 Å². The van der Waals surface area contributed by atoms with Crippen LogP contribution in [-0.2, 0) is 4.79 Å². The van der Waals surface area contributed by atoms with E-state index in [1.807, 2.05) is 0 Å². The van der Waals surface area contributed by atoms with Crippen LogP contribution in [-0.4, -0.2) is 74.6 Å². The number of hydrogen-bond donors (Lipinski definition) is 2. The molecule has 0 aromatic carbocycles. The molecule has 0 unspecified atom stereocenters. The van der Waals surface area contributed by atoms with Crippen LogP contribution >= 0.6 is 0 Å². The maximum absolute atomic E-state index is 11.7. The van der Waals surface area contributed by atoms with Crippen molar-refractivity contribution in [1.29, 1.82) is 0 Å². The molecule has 0 spiro atoms. The second-order valence-corrected chi connectivity index (χ2v) is 5.44. The van der Waals surface area contributed by atoms with Crippen molar-refractivity contribution in [2.24, 2.45) is 0 Å². The third-order valence-electron chi connectivity index (χ3n) is 3.92. The van der Waals surface area contributed by atoms with Crippen molar-refractivity contribution >= 4 is 5.91 Å². The van der Waals surface area contributed by atoms with Crippen LogP contribution in [0.5, 0.6) is 0 Å². The Bertz CT molecular complexity index is 258. The minimum atomic E-state index is 0.0636. The Kier molecular flexibility index (Phi) is 5.41. The molecule has 2 saturated heterocycles. The SMILES string of the molecule is CN1CCN(CCCNC(=O)[C@@H]2CCCN2)CC1. The lowest BCUT2D eigenvalue weighted by Gasteiger charge is -2.32. The van der Waals surface area contributed by atoms with E-state index in [1.54, 1.807) is 0 Å². The van der Waals surface area contributed by atoms with Crippen LogP contribution in [0.1, 0.15) is 19.3 Å². The van der Waals surface area contributed by atoms with E-state index in [2.05, 4.69) is 27.5 Å². The summed E-state index contributed by atoms with van der Waals surface area (Å²) in [5.41, 5.74) is 0. The van der Waals surface area contributed by atoms with Gasteiger partial charge in [0.05, 0.1) is 6.04 Å². The molecule has 2 aliphatic rings. The van der Waals surface area contributed by atoms with E-state index in [1.165, 1.54) is 13.1 Å². The van der Waals surface area contributed by atoms with Crippen LogP contribution in [0.3, 0.4) is 0 Å². The second kappa shape index (κ2) is 7.07. The lowest BCUT2D eigenvalue weighted by atomic mass is 10.2. The molecule has 0 bridgehead atoms. The first-order valence-corrected chi connectivity index (χ1v) is 7.18. The van der Waals surface area contributed by atoms with Gasteiger partial charge in [0.25, 0.3) is 0 Å². The van der Waals surface area contributed by atoms with Crippen molar-refractivity contribution in [1.82, 2.24) is 20.4 Å². The molecule has 1 atom stereocenters. The van der Waals surface area contributed by atoms with Gasteiger partial charge in [0.15, 0.2) is 0 Å². The largest absolute Gasteiger partial charge is 0.355 e. The number of carbonyl (C=O) groups excluding carboxylic acids is 1. The summed E-state index contributed by atoms with van der Waals surface area (Å²) in [5.74, 6) is 0.186. The summed E-state index contributed by atoms with van der Waals surface area (Å²) >= 11 is 0. The predicted octanol–water partition coefficient (Wildman–Crippen LogP) is -0.508. The van der Waals surface area contributed by atoms with Crippen LogP contribution in [0, 0.1) is 0 Å². The van der Waals surface area contributed by atoms with Gasteiger partial charge < -0.3 is 20.4 Å². The van der Waals surface area contributed by atoms with Crippen molar-refractivity contribution in [2.45, 2.75) is 25.3 Å². The Labute approximate surface area is 110 Å². The van der Waals surface area contributed by atoms with Crippen molar-refractivity contribution in [3.8, 4) is 0 Å². The summed E-state index contributed by atoms with van der Waals surface area (Å²) in [6.07, 6.45) is 3.17. The quantitative estimate of drug-likeness (QED) is 0.649. The minimum absolute atomic E-state index is 0.0636. The summed E-state index contributed by atoms with van der Waals surface area (Å²) in [7, 11) is 2.17. The van der Waals surface area contributed by atoms with Crippen LogP contribution in [0.4, 0.5) is 0 Å². The zero-order valence-electron chi connectivity index (χ0n) is 11.5. The van der Waals surface area contributed by atoms with Crippen molar-refractivity contribution in [2.75, 3.05) is 52.9 Å². The van der Waals surface area contributed by atoms with E-state index in [4.69, 9.17) is 0 Å². The highest BCUT2D eigenvalue weighted by molar-refractivity contribution is 5.81. The van der Waals surface area contributed by atoms with E-state index in [-0.39, 0.29) is 11.9 Å². The number of carbonyl (C=O) groups is 1. The molecular weight excluding hydrogens is 228 g/mol. The second-order valence-electron chi connectivity index (χ2n) is 5.44. The van der Waals surface area contributed by atoms with E-state index < -0.39 is 0 Å². The smallest absolute Gasteiger partial charge is 0.237 e. The van der Waals surface area contributed by atoms with Crippen LogP contribution < -0.4 is 10.6 Å². The highest BCUT2D eigenvalue weighted by Gasteiger charge is 2.21. The average Bonchev–Trinajstić information content (AvgIpc) is 2.90. The zero-order valence-corrected chi connectivity index (χ0v) is 11.5. The third-order valence-corrected chi connectivity index (χ3v) is 3.92.